The number of hydrogen-bond acceptors (Lipinski definition) is 4. The highest BCUT2D eigenvalue weighted by molar-refractivity contribution is 5.92. The minimum Gasteiger partial charge on any atom is -0.459 e. The van der Waals surface area contributed by atoms with Crippen molar-refractivity contribution < 1.29 is 22.7 Å². The Kier molecular flexibility index (Phi) is 4.92. The lowest BCUT2D eigenvalue weighted by Gasteiger charge is -2.38. The van der Waals surface area contributed by atoms with Gasteiger partial charge in [0.25, 0.3) is 11.8 Å². The SMILES string of the molecule is COC[C@@H]1CC(F)(F)CN1C1CCN(C(=O)c2occc2C)CC1. The number of carbonyl (C=O) groups is 1. The average molecular weight is 342 g/mol. The third kappa shape index (κ3) is 3.47. The Morgan fingerprint density at radius 3 is 2.71 bits per heavy atom. The van der Waals surface area contributed by atoms with Crippen LogP contribution in [0, 0.1) is 6.92 Å². The highest BCUT2D eigenvalue weighted by atomic mass is 19.3. The molecule has 0 spiro atoms. The molecule has 2 aliphatic heterocycles. The van der Waals surface area contributed by atoms with Crippen molar-refractivity contribution in [3.63, 3.8) is 0 Å². The summed E-state index contributed by atoms with van der Waals surface area (Å²) in [6.07, 6.45) is 2.76. The van der Waals surface area contributed by atoms with Gasteiger partial charge in [-0.15, -0.1) is 0 Å². The lowest BCUT2D eigenvalue weighted by molar-refractivity contribution is 0.00272. The number of alkyl halides is 2. The Morgan fingerprint density at radius 2 is 2.12 bits per heavy atom. The number of carbonyl (C=O) groups excluding carboxylic acids is 1. The van der Waals surface area contributed by atoms with Gasteiger partial charge in [0, 0.05) is 44.3 Å². The van der Waals surface area contributed by atoms with Crippen LogP contribution in [0.1, 0.15) is 35.4 Å². The maximum absolute atomic E-state index is 13.8. The van der Waals surface area contributed by atoms with Crippen LogP contribution < -0.4 is 0 Å². The predicted molar refractivity (Wildman–Crippen MR) is 84.3 cm³/mol. The number of methoxy groups -OCH3 is 1. The monoisotopic (exact) mass is 342 g/mol. The lowest BCUT2D eigenvalue weighted by Crippen LogP contribution is -2.49. The standard InChI is InChI=1S/C17H24F2N2O3/c1-12-5-8-24-15(12)16(22)20-6-3-13(4-7-20)21-11-17(18,19)9-14(21)10-23-2/h5,8,13-14H,3-4,6-7,9-11H2,1-2H3/t14-/m0/s1. The summed E-state index contributed by atoms with van der Waals surface area (Å²) >= 11 is 0. The van der Waals surface area contributed by atoms with Crippen LogP contribution in [0.15, 0.2) is 16.7 Å². The molecule has 1 atom stereocenters. The number of piperidine rings is 1. The van der Waals surface area contributed by atoms with Gasteiger partial charge in [0.2, 0.25) is 0 Å². The Bertz CT molecular complexity index is 582. The molecule has 2 aliphatic rings. The first-order valence-electron chi connectivity index (χ1n) is 8.37. The van der Waals surface area contributed by atoms with Crippen LogP contribution in [-0.2, 0) is 4.74 Å². The third-order valence-electron chi connectivity index (χ3n) is 5.05. The fraction of sp³-hybridized carbons (Fsp3) is 0.706. The van der Waals surface area contributed by atoms with Crippen molar-refractivity contribution in [1.82, 2.24) is 9.80 Å². The van der Waals surface area contributed by atoms with Crippen molar-refractivity contribution in [1.29, 1.82) is 0 Å². The van der Waals surface area contributed by atoms with Gasteiger partial charge < -0.3 is 14.1 Å². The van der Waals surface area contributed by atoms with Crippen LogP contribution in [0.3, 0.4) is 0 Å². The second-order valence-electron chi connectivity index (χ2n) is 6.80. The quantitative estimate of drug-likeness (QED) is 0.844. The minimum atomic E-state index is -2.65. The maximum Gasteiger partial charge on any atom is 0.289 e. The smallest absolute Gasteiger partial charge is 0.289 e. The molecule has 3 rings (SSSR count). The van der Waals surface area contributed by atoms with Crippen LogP contribution >= 0.6 is 0 Å². The Morgan fingerprint density at radius 1 is 1.42 bits per heavy atom. The molecule has 0 saturated carbocycles. The molecule has 0 radical (unpaired) electrons. The molecule has 24 heavy (non-hydrogen) atoms. The molecular weight excluding hydrogens is 318 g/mol. The van der Waals surface area contributed by atoms with Gasteiger partial charge in [-0.3, -0.25) is 9.69 Å². The van der Waals surface area contributed by atoms with Gasteiger partial charge in [0.1, 0.15) is 0 Å². The number of nitrogens with zero attached hydrogens (tertiary/aromatic N) is 2. The number of amides is 1. The zero-order valence-electron chi connectivity index (χ0n) is 14.1. The van der Waals surface area contributed by atoms with E-state index in [4.69, 9.17) is 9.15 Å². The zero-order valence-corrected chi connectivity index (χ0v) is 14.1. The topological polar surface area (TPSA) is 45.9 Å². The van der Waals surface area contributed by atoms with E-state index in [-0.39, 0.29) is 31.0 Å². The molecule has 5 nitrogen and oxygen atoms in total. The van der Waals surface area contributed by atoms with Gasteiger partial charge in [0.15, 0.2) is 5.76 Å². The van der Waals surface area contributed by atoms with Gasteiger partial charge in [0.05, 0.1) is 19.4 Å². The van der Waals surface area contributed by atoms with Crippen molar-refractivity contribution >= 4 is 5.91 Å². The van der Waals surface area contributed by atoms with Crippen molar-refractivity contribution in [2.24, 2.45) is 0 Å². The predicted octanol–water partition coefficient (Wildman–Crippen LogP) is 2.55. The first-order chi connectivity index (χ1) is 11.4. The zero-order chi connectivity index (χ0) is 17.3. The molecule has 2 fully saturated rings. The number of likely N-dealkylation sites (tertiary alicyclic amines) is 2. The maximum atomic E-state index is 13.8. The van der Waals surface area contributed by atoms with E-state index in [1.165, 1.54) is 6.26 Å². The fourth-order valence-electron chi connectivity index (χ4n) is 3.83. The Balaban J connectivity index is 1.60. The number of halogens is 2. The van der Waals surface area contributed by atoms with Crippen molar-refractivity contribution in [2.75, 3.05) is 33.4 Å². The number of rotatable bonds is 4. The Labute approximate surface area is 140 Å². The minimum absolute atomic E-state index is 0.0697. The first-order valence-corrected chi connectivity index (χ1v) is 8.37. The number of hydrogen-bond donors (Lipinski definition) is 0. The van der Waals surface area contributed by atoms with E-state index < -0.39 is 5.92 Å². The van der Waals surface area contributed by atoms with Gasteiger partial charge in [-0.25, -0.2) is 8.78 Å². The first kappa shape index (κ1) is 17.4. The van der Waals surface area contributed by atoms with Gasteiger partial charge >= 0.3 is 0 Å². The summed E-state index contributed by atoms with van der Waals surface area (Å²) < 4.78 is 37.9. The molecule has 0 bridgehead atoms. The lowest BCUT2D eigenvalue weighted by atomic mass is 10.0. The van der Waals surface area contributed by atoms with Crippen LogP contribution in [0.25, 0.3) is 0 Å². The normalized spacial score (nSPS) is 25.3. The molecule has 1 aromatic heterocycles. The molecule has 0 aliphatic carbocycles. The molecule has 0 aromatic carbocycles. The summed E-state index contributed by atoms with van der Waals surface area (Å²) in [7, 11) is 1.54. The number of ether oxygens (including phenoxy) is 1. The average Bonchev–Trinajstić information content (AvgIpc) is 3.10. The summed E-state index contributed by atoms with van der Waals surface area (Å²) in [6, 6.07) is 1.59. The van der Waals surface area contributed by atoms with E-state index in [0.717, 1.165) is 5.56 Å². The second kappa shape index (κ2) is 6.80. The van der Waals surface area contributed by atoms with E-state index in [9.17, 15) is 13.6 Å². The third-order valence-corrected chi connectivity index (χ3v) is 5.05. The van der Waals surface area contributed by atoms with Crippen molar-refractivity contribution in [3.05, 3.63) is 23.7 Å². The molecule has 7 heteroatoms. The molecule has 2 saturated heterocycles. The van der Waals surface area contributed by atoms with Crippen LogP contribution in [0.5, 0.6) is 0 Å². The van der Waals surface area contributed by atoms with E-state index in [2.05, 4.69) is 0 Å². The summed E-state index contributed by atoms with van der Waals surface area (Å²) in [5.41, 5.74) is 0.821. The molecule has 134 valence electrons. The summed E-state index contributed by atoms with van der Waals surface area (Å²) in [4.78, 5) is 16.1. The summed E-state index contributed by atoms with van der Waals surface area (Å²) in [6.45, 7) is 3.07. The highest BCUT2D eigenvalue weighted by Gasteiger charge is 2.47. The van der Waals surface area contributed by atoms with Gasteiger partial charge in [-0.1, -0.05) is 0 Å². The molecule has 0 unspecified atom stereocenters. The summed E-state index contributed by atoms with van der Waals surface area (Å²) in [5.74, 6) is -2.39. The second-order valence-corrected chi connectivity index (χ2v) is 6.80. The largest absolute Gasteiger partial charge is 0.459 e. The highest BCUT2D eigenvalue weighted by Crippen LogP contribution is 2.35. The van der Waals surface area contributed by atoms with Crippen LogP contribution in [-0.4, -0.2) is 67.1 Å². The molecular formula is C17H24F2N2O3. The van der Waals surface area contributed by atoms with Crippen molar-refractivity contribution in [2.45, 2.75) is 44.2 Å². The fourth-order valence-corrected chi connectivity index (χ4v) is 3.83. The van der Waals surface area contributed by atoms with E-state index in [0.29, 0.717) is 38.3 Å². The summed E-state index contributed by atoms with van der Waals surface area (Å²) in [5, 5.41) is 0. The molecule has 3 heterocycles. The van der Waals surface area contributed by atoms with Crippen LogP contribution in [0.2, 0.25) is 0 Å². The van der Waals surface area contributed by atoms with Gasteiger partial charge in [-0.2, -0.15) is 0 Å². The number of furan rings is 1. The van der Waals surface area contributed by atoms with Crippen LogP contribution in [0.4, 0.5) is 8.78 Å². The van der Waals surface area contributed by atoms with Gasteiger partial charge in [-0.05, 0) is 25.8 Å². The van der Waals surface area contributed by atoms with E-state index in [1.54, 1.807) is 18.1 Å². The van der Waals surface area contributed by atoms with E-state index in [1.807, 2.05) is 11.8 Å². The van der Waals surface area contributed by atoms with Crippen molar-refractivity contribution in [3.8, 4) is 0 Å². The molecule has 1 amide bonds. The molecule has 1 aromatic rings. The Hall–Kier alpha value is -1.47. The molecule has 0 N–H and O–H groups in total. The number of aryl methyl sites for hydroxylation is 1. The van der Waals surface area contributed by atoms with E-state index >= 15 is 0 Å².